The number of hydrogen-bond donors (Lipinski definition) is 1. The van der Waals surface area contributed by atoms with Crippen LogP contribution in [0.25, 0.3) is 22.6 Å². The minimum atomic E-state index is -0.696. The molecule has 2 aromatic carbocycles. The molecular formula is C29H27N3O3. The highest BCUT2D eigenvalue weighted by Gasteiger charge is 2.16. The summed E-state index contributed by atoms with van der Waals surface area (Å²) >= 11 is 0. The van der Waals surface area contributed by atoms with E-state index in [2.05, 4.69) is 51.1 Å². The molecule has 1 saturated heterocycles. The zero-order valence-electron chi connectivity index (χ0n) is 19.6. The molecule has 2 aromatic heterocycles. The van der Waals surface area contributed by atoms with Crippen LogP contribution in [0.5, 0.6) is 0 Å². The molecule has 6 nitrogen and oxygen atoms in total. The maximum Gasteiger partial charge on any atom is 0.169 e. The first-order valence-electron chi connectivity index (χ1n) is 11.8. The molecule has 5 rings (SSSR count). The van der Waals surface area contributed by atoms with Gasteiger partial charge in [0.25, 0.3) is 0 Å². The van der Waals surface area contributed by atoms with Crippen LogP contribution in [0.1, 0.15) is 35.4 Å². The lowest BCUT2D eigenvalue weighted by Crippen LogP contribution is -2.35. The molecule has 0 radical (unpaired) electrons. The minimum Gasteiger partial charge on any atom is -0.387 e. The summed E-state index contributed by atoms with van der Waals surface area (Å²) in [7, 11) is 0. The van der Waals surface area contributed by atoms with E-state index in [1.54, 1.807) is 13.1 Å². The van der Waals surface area contributed by atoms with E-state index in [1.807, 2.05) is 42.5 Å². The second-order valence-corrected chi connectivity index (χ2v) is 8.60. The Bertz CT molecular complexity index is 1330. The Morgan fingerprint density at radius 2 is 1.66 bits per heavy atom. The Morgan fingerprint density at radius 3 is 2.34 bits per heavy atom. The average Bonchev–Trinajstić information content (AvgIpc) is 3.39. The second-order valence-electron chi connectivity index (χ2n) is 8.60. The van der Waals surface area contributed by atoms with E-state index in [-0.39, 0.29) is 0 Å². The number of aliphatic hydroxyl groups is 1. The number of benzene rings is 2. The van der Waals surface area contributed by atoms with Crippen molar-refractivity contribution in [3.05, 3.63) is 95.3 Å². The highest BCUT2D eigenvalue weighted by molar-refractivity contribution is 5.68. The van der Waals surface area contributed by atoms with Crippen LogP contribution in [-0.2, 0) is 11.3 Å². The third-order valence-corrected chi connectivity index (χ3v) is 6.01. The molecule has 0 amide bonds. The first-order chi connectivity index (χ1) is 17.2. The van der Waals surface area contributed by atoms with Gasteiger partial charge in [-0.25, -0.2) is 0 Å². The van der Waals surface area contributed by atoms with Crippen molar-refractivity contribution in [3.63, 3.8) is 0 Å². The summed E-state index contributed by atoms with van der Waals surface area (Å²) in [5, 5.41) is 14.2. The van der Waals surface area contributed by atoms with Crippen molar-refractivity contribution in [2.45, 2.75) is 19.6 Å². The van der Waals surface area contributed by atoms with Gasteiger partial charge in [0.1, 0.15) is 5.69 Å². The Hall–Kier alpha value is -3.76. The van der Waals surface area contributed by atoms with Gasteiger partial charge in [-0.15, -0.1) is 0 Å². The number of ether oxygens (including phenoxy) is 1. The van der Waals surface area contributed by atoms with E-state index in [1.165, 1.54) is 5.56 Å². The predicted octanol–water partition coefficient (Wildman–Crippen LogP) is 4.69. The quantitative estimate of drug-likeness (QED) is 0.431. The van der Waals surface area contributed by atoms with Gasteiger partial charge in [-0.3, -0.25) is 9.88 Å². The molecule has 1 N–H and O–H groups in total. The molecule has 1 aliphatic heterocycles. The normalized spacial score (nSPS) is 14.8. The second kappa shape index (κ2) is 10.7. The third-order valence-electron chi connectivity index (χ3n) is 6.01. The molecule has 0 aliphatic carbocycles. The first-order valence-corrected chi connectivity index (χ1v) is 11.8. The van der Waals surface area contributed by atoms with Crippen molar-refractivity contribution in [1.82, 2.24) is 15.0 Å². The lowest BCUT2D eigenvalue weighted by Gasteiger charge is -2.26. The summed E-state index contributed by atoms with van der Waals surface area (Å²) in [6.07, 6.45) is 0.959. The summed E-state index contributed by atoms with van der Waals surface area (Å²) in [6, 6.07) is 21.9. The van der Waals surface area contributed by atoms with E-state index < -0.39 is 6.10 Å². The molecule has 3 heterocycles. The highest BCUT2D eigenvalue weighted by atomic mass is 16.5. The summed E-state index contributed by atoms with van der Waals surface area (Å²) in [4.78, 5) is 6.67. The number of hydrogen-bond acceptors (Lipinski definition) is 6. The van der Waals surface area contributed by atoms with Crippen LogP contribution in [0, 0.1) is 11.8 Å². The van der Waals surface area contributed by atoms with Crippen molar-refractivity contribution in [1.29, 1.82) is 0 Å². The number of nitrogens with zero attached hydrogens (tertiary/aromatic N) is 3. The van der Waals surface area contributed by atoms with E-state index >= 15 is 0 Å². The zero-order chi connectivity index (χ0) is 24.0. The van der Waals surface area contributed by atoms with Crippen LogP contribution in [0.2, 0.25) is 0 Å². The van der Waals surface area contributed by atoms with E-state index in [0.717, 1.165) is 60.8 Å². The van der Waals surface area contributed by atoms with Gasteiger partial charge >= 0.3 is 0 Å². The van der Waals surface area contributed by atoms with E-state index in [0.29, 0.717) is 11.5 Å². The zero-order valence-corrected chi connectivity index (χ0v) is 19.6. The highest BCUT2D eigenvalue weighted by Crippen LogP contribution is 2.30. The Labute approximate surface area is 205 Å². The van der Waals surface area contributed by atoms with Crippen LogP contribution >= 0.6 is 0 Å². The maximum absolute atomic E-state index is 9.99. The number of pyridine rings is 1. The topological polar surface area (TPSA) is 71.6 Å². The summed E-state index contributed by atoms with van der Waals surface area (Å²) in [5.74, 6) is 7.05. The molecule has 0 saturated carbocycles. The van der Waals surface area contributed by atoms with Crippen molar-refractivity contribution < 1.29 is 14.4 Å². The maximum atomic E-state index is 9.99. The predicted molar refractivity (Wildman–Crippen MR) is 134 cm³/mol. The van der Waals surface area contributed by atoms with Gasteiger partial charge in [0, 0.05) is 54.2 Å². The molecule has 6 heteroatoms. The fourth-order valence-corrected chi connectivity index (χ4v) is 4.08. The smallest absolute Gasteiger partial charge is 0.169 e. The van der Waals surface area contributed by atoms with Gasteiger partial charge in [-0.05, 0) is 48.9 Å². The fourth-order valence-electron chi connectivity index (χ4n) is 4.08. The Morgan fingerprint density at radius 1 is 0.971 bits per heavy atom. The molecule has 0 bridgehead atoms. The van der Waals surface area contributed by atoms with Gasteiger partial charge < -0.3 is 14.4 Å². The lowest BCUT2D eigenvalue weighted by molar-refractivity contribution is 0.0342. The van der Waals surface area contributed by atoms with Crippen molar-refractivity contribution in [3.8, 4) is 34.4 Å². The van der Waals surface area contributed by atoms with E-state index in [4.69, 9.17) is 9.26 Å². The molecule has 1 fully saturated rings. The monoisotopic (exact) mass is 465 g/mol. The molecule has 4 aromatic rings. The van der Waals surface area contributed by atoms with Gasteiger partial charge in [-0.2, -0.15) is 0 Å². The van der Waals surface area contributed by atoms with Crippen molar-refractivity contribution in [2.75, 3.05) is 26.3 Å². The van der Waals surface area contributed by atoms with Crippen molar-refractivity contribution >= 4 is 0 Å². The summed E-state index contributed by atoms with van der Waals surface area (Å²) in [6.45, 7) is 6.23. The van der Waals surface area contributed by atoms with Crippen molar-refractivity contribution in [2.24, 2.45) is 0 Å². The molecule has 35 heavy (non-hydrogen) atoms. The molecule has 0 spiro atoms. The third kappa shape index (κ3) is 5.67. The summed E-state index contributed by atoms with van der Waals surface area (Å²) < 4.78 is 11.0. The average molecular weight is 466 g/mol. The minimum absolute atomic E-state index is 0.565. The van der Waals surface area contributed by atoms with Crippen LogP contribution in [0.15, 0.2) is 77.4 Å². The van der Waals surface area contributed by atoms with Crippen LogP contribution in [0.4, 0.5) is 0 Å². The largest absolute Gasteiger partial charge is 0.387 e. The van der Waals surface area contributed by atoms with Crippen LogP contribution < -0.4 is 0 Å². The molecule has 176 valence electrons. The van der Waals surface area contributed by atoms with Gasteiger partial charge in [0.15, 0.2) is 5.76 Å². The molecule has 1 unspecified atom stereocenters. The molecule has 1 aliphatic rings. The van der Waals surface area contributed by atoms with Gasteiger partial charge in [0.05, 0.1) is 25.0 Å². The van der Waals surface area contributed by atoms with E-state index in [9.17, 15) is 5.11 Å². The first kappa shape index (κ1) is 23.0. The standard InChI is InChI=1S/C29H27N3O3/c1-21(33)29-26(3-2-14-30-29)28-19-27(31-35-28)25-12-10-23(11-13-25)5-4-22-6-8-24(9-7-22)20-32-15-17-34-18-16-32/h2-3,6-14,19,21,33H,15-18,20H2,1H3. The van der Waals surface area contributed by atoms with Crippen LogP contribution in [0.3, 0.4) is 0 Å². The van der Waals surface area contributed by atoms with Gasteiger partial charge in [0.2, 0.25) is 0 Å². The molecular weight excluding hydrogens is 438 g/mol. The molecule has 1 atom stereocenters. The Balaban J connectivity index is 1.25. The Kier molecular flexibility index (Phi) is 7.01. The SMILES string of the molecule is CC(O)c1ncccc1-c1cc(-c2ccc(C#Cc3ccc(CN4CCOCC4)cc3)cc2)no1. The lowest BCUT2D eigenvalue weighted by atomic mass is 10.1. The number of morpholine rings is 1. The van der Waals surface area contributed by atoms with Crippen LogP contribution in [-0.4, -0.2) is 46.5 Å². The number of rotatable bonds is 5. The fraction of sp³-hybridized carbons (Fsp3) is 0.241. The van der Waals surface area contributed by atoms with Gasteiger partial charge in [-0.1, -0.05) is 41.3 Å². The summed E-state index contributed by atoms with van der Waals surface area (Å²) in [5.41, 5.74) is 6.16. The number of aromatic nitrogens is 2. The number of aliphatic hydroxyl groups excluding tert-OH is 1.